The largest absolute Gasteiger partial charge is 0.508 e. The van der Waals surface area contributed by atoms with E-state index in [1.165, 1.54) is 38.9 Å². The van der Waals surface area contributed by atoms with Crippen molar-refractivity contribution in [3.05, 3.63) is 29.8 Å². The highest BCUT2D eigenvalue weighted by atomic mass is 16.3. The van der Waals surface area contributed by atoms with Crippen molar-refractivity contribution in [1.82, 2.24) is 10.2 Å². The Balaban J connectivity index is 1.56. The average Bonchev–Trinajstić information content (AvgIpc) is 2.82. The van der Waals surface area contributed by atoms with Gasteiger partial charge in [0, 0.05) is 6.54 Å². The van der Waals surface area contributed by atoms with Crippen LogP contribution in [0.5, 0.6) is 5.75 Å². The van der Waals surface area contributed by atoms with Gasteiger partial charge in [-0.05, 0) is 63.1 Å². The van der Waals surface area contributed by atoms with Gasteiger partial charge in [0.15, 0.2) is 0 Å². The molecule has 3 nitrogen and oxygen atoms in total. The maximum Gasteiger partial charge on any atom is 0.115 e. The number of rotatable bonds is 6. The molecule has 1 fully saturated rings. The molecule has 0 spiro atoms. The van der Waals surface area contributed by atoms with Crippen molar-refractivity contribution >= 4 is 0 Å². The van der Waals surface area contributed by atoms with E-state index >= 15 is 0 Å². The summed E-state index contributed by atoms with van der Waals surface area (Å²) in [5.41, 5.74) is 1.14. The fraction of sp³-hybridized carbons (Fsp3) is 0.571. The molecule has 94 valence electrons. The zero-order valence-corrected chi connectivity index (χ0v) is 10.4. The lowest BCUT2D eigenvalue weighted by Gasteiger charge is -2.14. The van der Waals surface area contributed by atoms with Crippen molar-refractivity contribution < 1.29 is 5.11 Å². The maximum atomic E-state index is 9.32. The fourth-order valence-electron chi connectivity index (χ4n) is 2.33. The van der Waals surface area contributed by atoms with Gasteiger partial charge in [0.05, 0.1) is 0 Å². The molecule has 0 aliphatic carbocycles. The fourth-order valence-corrected chi connectivity index (χ4v) is 2.33. The quantitative estimate of drug-likeness (QED) is 0.739. The Bertz CT molecular complexity index is 335. The summed E-state index contributed by atoms with van der Waals surface area (Å²) in [6.45, 7) is 5.67. The first-order valence-electron chi connectivity index (χ1n) is 6.55. The number of hydrogen-bond acceptors (Lipinski definition) is 3. The first-order valence-corrected chi connectivity index (χ1v) is 6.55. The third-order valence-corrected chi connectivity index (χ3v) is 3.27. The molecule has 0 saturated carbocycles. The van der Waals surface area contributed by atoms with E-state index in [1.54, 1.807) is 6.07 Å². The van der Waals surface area contributed by atoms with Crippen molar-refractivity contribution in [2.75, 3.05) is 26.2 Å². The van der Waals surface area contributed by atoms with E-state index in [1.807, 2.05) is 18.2 Å². The van der Waals surface area contributed by atoms with Crippen LogP contribution in [-0.4, -0.2) is 36.2 Å². The number of nitrogens with zero attached hydrogens (tertiary/aromatic N) is 1. The summed E-state index contributed by atoms with van der Waals surface area (Å²) in [6.07, 6.45) is 3.95. The molecule has 0 radical (unpaired) electrons. The highest BCUT2D eigenvalue weighted by Crippen LogP contribution is 2.10. The lowest BCUT2D eigenvalue weighted by molar-refractivity contribution is 0.331. The highest BCUT2D eigenvalue weighted by molar-refractivity contribution is 5.26. The number of phenolic OH excluding ortho intramolecular Hbond substituents is 1. The molecule has 1 aromatic rings. The van der Waals surface area contributed by atoms with Crippen LogP contribution in [0.15, 0.2) is 24.3 Å². The van der Waals surface area contributed by atoms with E-state index in [4.69, 9.17) is 0 Å². The molecule has 1 aliphatic heterocycles. The summed E-state index contributed by atoms with van der Waals surface area (Å²) < 4.78 is 0. The average molecular weight is 234 g/mol. The van der Waals surface area contributed by atoms with Gasteiger partial charge in [0.1, 0.15) is 5.75 Å². The van der Waals surface area contributed by atoms with Gasteiger partial charge in [-0.2, -0.15) is 0 Å². The van der Waals surface area contributed by atoms with E-state index in [0.29, 0.717) is 5.75 Å². The monoisotopic (exact) mass is 234 g/mol. The Morgan fingerprint density at radius 3 is 2.82 bits per heavy atom. The summed E-state index contributed by atoms with van der Waals surface area (Å²) in [7, 11) is 0. The second kappa shape index (κ2) is 6.62. The van der Waals surface area contributed by atoms with E-state index in [9.17, 15) is 5.11 Å². The molecule has 17 heavy (non-hydrogen) atoms. The van der Waals surface area contributed by atoms with Gasteiger partial charge in [-0.3, -0.25) is 0 Å². The maximum absolute atomic E-state index is 9.32. The molecular formula is C14H22N2O. The number of hydrogen-bond donors (Lipinski definition) is 2. The molecule has 1 aromatic carbocycles. The van der Waals surface area contributed by atoms with Gasteiger partial charge in [0.2, 0.25) is 0 Å². The Morgan fingerprint density at radius 2 is 2.06 bits per heavy atom. The third kappa shape index (κ3) is 4.36. The Labute approximate surface area is 103 Å². The molecule has 0 aromatic heterocycles. The lowest BCUT2D eigenvalue weighted by Crippen LogP contribution is -2.24. The predicted octanol–water partition coefficient (Wildman–Crippen LogP) is 1.97. The van der Waals surface area contributed by atoms with Gasteiger partial charge in [0.25, 0.3) is 0 Å². The van der Waals surface area contributed by atoms with Crippen LogP contribution >= 0.6 is 0 Å². The highest BCUT2D eigenvalue weighted by Gasteiger charge is 2.09. The topological polar surface area (TPSA) is 35.5 Å². The van der Waals surface area contributed by atoms with Crippen LogP contribution in [0.2, 0.25) is 0 Å². The summed E-state index contributed by atoms with van der Waals surface area (Å²) in [5.74, 6) is 0.348. The zero-order chi connectivity index (χ0) is 11.9. The molecule has 0 atom stereocenters. The molecule has 1 saturated heterocycles. The molecule has 1 heterocycles. The van der Waals surface area contributed by atoms with E-state index in [-0.39, 0.29) is 0 Å². The van der Waals surface area contributed by atoms with Gasteiger partial charge in [-0.25, -0.2) is 0 Å². The second-order valence-corrected chi connectivity index (χ2v) is 4.75. The normalized spacial score (nSPS) is 16.5. The molecule has 2 N–H and O–H groups in total. The van der Waals surface area contributed by atoms with Crippen LogP contribution in [0.4, 0.5) is 0 Å². The van der Waals surface area contributed by atoms with Crippen LogP contribution in [-0.2, 0) is 6.54 Å². The van der Waals surface area contributed by atoms with Crippen LogP contribution in [0, 0.1) is 0 Å². The summed E-state index contributed by atoms with van der Waals surface area (Å²) in [6, 6.07) is 7.44. The molecule has 0 unspecified atom stereocenters. The van der Waals surface area contributed by atoms with Gasteiger partial charge < -0.3 is 15.3 Å². The summed E-state index contributed by atoms with van der Waals surface area (Å²) in [4.78, 5) is 2.54. The minimum atomic E-state index is 0.348. The first-order chi connectivity index (χ1) is 8.34. The number of benzene rings is 1. The lowest BCUT2D eigenvalue weighted by atomic mass is 10.2. The Hall–Kier alpha value is -1.06. The number of aromatic hydroxyl groups is 1. The molecular weight excluding hydrogens is 212 g/mol. The van der Waals surface area contributed by atoms with Crippen LogP contribution in [0.3, 0.4) is 0 Å². The second-order valence-electron chi connectivity index (χ2n) is 4.75. The van der Waals surface area contributed by atoms with Crippen molar-refractivity contribution in [1.29, 1.82) is 0 Å². The third-order valence-electron chi connectivity index (χ3n) is 3.27. The molecule has 0 amide bonds. The smallest absolute Gasteiger partial charge is 0.115 e. The molecule has 1 aliphatic rings. The summed E-state index contributed by atoms with van der Waals surface area (Å²) >= 11 is 0. The SMILES string of the molecule is Oc1cccc(CNCCCN2CCCC2)c1. The van der Waals surface area contributed by atoms with Crippen molar-refractivity contribution in [2.45, 2.75) is 25.8 Å². The first kappa shape index (κ1) is 12.4. The van der Waals surface area contributed by atoms with E-state index in [0.717, 1.165) is 18.7 Å². The van der Waals surface area contributed by atoms with Crippen LogP contribution < -0.4 is 5.32 Å². The van der Waals surface area contributed by atoms with Crippen molar-refractivity contribution in [2.24, 2.45) is 0 Å². The molecule has 0 bridgehead atoms. The van der Waals surface area contributed by atoms with Gasteiger partial charge >= 0.3 is 0 Å². The number of likely N-dealkylation sites (tertiary alicyclic amines) is 1. The molecule has 2 rings (SSSR count). The van der Waals surface area contributed by atoms with Crippen molar-refractivity contribution in [3.63, 3.8) is 0 Å². The van der Waals surface area contributed by atoms with Crippen LogP contribution in [0.1, 0.15) is 24.8 Å². The predicted molar refractivity (Wildman–Crippen MR) is 70.1 cm³/mol. The number of nitrogens with one attached hydrogen (secondary N) is 1. The van der Waals surface area contributed by atoms with Gasteiger partial charge in [-0.15, -0.1) is 0 Å². The minimum absolute atomic E-state index is 0.348. The van der Waals surface area contributed by atoms with Crippen molar-refractivity contribution in [3.8, 4) is 5.75 Å². The standard InChI is InChI=1S/C14H22N2O/c17-14-6-3-5-13(11-14)12-15-7-4-10-16-8-1-2-9-16/h3,5-6,11,15,17H,1-2,4,7-10,12H2. The number of phenols is 1. The van der Waals surface area contributed by atoms with E-state index in [2.05, 4.69) is 10.2 Å². The van der Waals surface area contributed by atoms with Gasteiger partial charge in [-0.1, -0.05) is 12.1 Å². The Morgan fingerprint density at radius 1 is 1.24 bits per heavy atom. The molecule has 3 heteroatoms. The summed E-state index contributed by atoms with van der Waals surface area (Å²) in [5, 5.41) is 12.7. The van der Waals surface area contributed by atoms with E-state index < -0.39 is 0 Å². The Kier molecular flexibility index (Phi) is 4.83. The minimum Gasteiger partial charge on any atom is -0.508 e. The van der Waals surface area contributed by atoms with Crippen LogP contribution in [0.25, 0.3) is 0 Å². The zero-order valence-electron chi connectivity index (χ0n) is 10.4.